The number of nitrogens with zero attached hydrogens (tertiary/aromatic N) is 3. The smallest absolute Gasteiger partial charge is 0.426 e. The number of amides is 2. The second kappa shape index (κ2) is 10.8. The van der Waals surface area contributed by atoms with Gasteiger partial charge in [0.05, 0.1) is 31.0 Å². The topological polar surface area (TPSA) is 124 Å². The molecule has 2 unspecified atom stereocenters. The molecular weight excluding hydrogens is 564 g/mol. The van der Waals surface area contributed by atoms with Crippen molar-refractivity contribution in [3.05, 3.63) is 53.4 Å². The Kier molecular flexibility index (Phi) is 7.90. The van der Waals surface area contributed by atoms with E-state index in [1.807, 2.05) is 5.32 Å². The Labute approximate surface area is 229 Å². The highest BCUT2D eigenvalue weighted by atomic mass is 19.4. The lowest BCUT2D eigenvalue weighted by atomic mass is 9.74. The van der Waals surface area contributed by atoms with E-state index >= 15 is 4.39 Å². The standard InChI is InChI=1S/C25H25F6N5O5/c1-11-17-18(25(29,30)31)40-21(35-22(38)41-23(2,3)4)36-24(17,10-39-11)13-7-12(5-6-14(13)26)34-20(37)16-9-32-15(8-33-16)19(27)28/h5-9,11,17-19H,10H2,1-4H3,(H,34,37)(H,35,36,38)/t11-,17?,18+,24?/m1/s1. The largest absolute Gasteiger partial charge is 0.451 e. The van der Waals surface area contributed by atoms with E-state index in [4.69, 9.17) is 14.2 Å². The SMILES string of the molecule is C[C@H]1OCC2(c3cc(NC(=O)c4cnc(C(F)F)cn4)ccc3F)N=C(NC(=O)OC(C)(C)C)O[C@H](C(F)(F)F)C12. The number of amidine groups is 1. The third-order valence-corrected chi connectivity index (χ3v) is 6.24. The molecule has 2 aliphatic heterocycles. The maximum atomic E-state index is 15.4. The Morgan fingerprint density at radius 3 is 2.41 bits per heavy atom. The summed E-state index contributed by atoms with van der Waals surface area (Å²) >= 11 is 0. The van der Waals surface area contributed by atoms with Crippen LogP contribution in [0.1, 0.15) is 55.9 Å². The van der Waals surface area contributed by atoms with E-state index in [0.29, 0.717) is 6.20 Å². The quantitative estimate of drug-likeness (QED) is 0.488. The molecule has 0 saturated carbocycles. The molecule has 222 valence electrons. The fourth-order valence-electron chi connectivity index (χ4n) is 4.59. The number of nitrogens with one attached hydrogen (secondary N) is 2. The predicted octanol–water partition coefficient (Wildman–Crippen LogP) is 4.88. The van der Waals surface area contributed by atoms with Gasteiger partial charge in [0.1, 0.15) is 28.3 Å². The molecule has 0 aliphatic carbocycles. The van der Waals surface area contributed by atoms with Crippen molar-refractivity contribution in [3.63, 3.8) is 0 Å². The lowest BCUT2D eigenvalue weighted by Gasteiger charge is -2.41. The molecule has 0 radical (unpaired) electrons. The number of fused-ring (bicyclic) bond motifs is 1. The summed E-state index contributed by atoms with van der Waals surface area (Å²) in [6, 6.07) is 2.24. The zero-order valence-electron chi connectivity index (χ0n) is 22.1. The van der Waals surface area contributed by atoms with Crippen LogP contribution in [0, 0.1) is 11.7 Å². The highest BCUT2D eigenvalue weighted by Crippen LogP contribution is 2.52. The van der Waals surface area contributed by atoms with Gasteiger partial charge in [0.2, 0.25) is 6.10 Å². The van der Waals surface area contributed by atoms with Crippen molar-refractivity contribution in [1.29, 1.82) is 0 Å². The number of benzene rings is 1. The van der Waals surface area contributed by atoms with Gasteiger partial charge >= 0.3 is 12.3 Å². The first-order valence-electron chi connectivity index (χ1n) is 12.2. The molecule has 4 atom stereocenters. The summed E-state index contributed by atoms with van der Waals surface area (Å²) in [7, 11) is 0. The summed E-state index contributed by atoms with van der Waals surface area (Å²) in [5.74, 6) is -3.48. The van der Waals surface area contributed by atoms with Crippen LogP contribution >= 0.6 is 0 Å². The molecule has 2 aromatic rings. The van der Waals surface area contributed by atoms with E-state index < -0.39 is 78.0 Å². The zero-order chi connectivity index (χ0) is 30.3. The molecular formula is C25H25F6N5O5. The normalized spacial score (nSPS) is 24.3. The van der Waals surface area contributed by atoms with Crippen LogP contribution in [0.5, 0.6) is 0 Å². The summed E-state index contributed by atoms with van der Waals surface area (Å²) in [6.07, 6.45) is -11.2. The first-order valence-corrected chi connectivity index (χ1v) is 12.2. The Morgan fingerprint density at radius 2 is 1.83 bits per heavy atom. The molecule has 16 heteroatoms. The average Bonchev–Trinajstić information content (AvgIpc) is 3.20. The van der Waals surface area contributed by atoms with Crippen molar-refractivity contribution >= 4 is 23.7 Å². The van der Waals surface area contributed by atoms with Crippen molar-refractivity contribution in [1.82, 2.24) is 15.3 Å². The van der Waals surface area contributed by atoms with Gasteiger partial charge in [-0.15, -0.1) is 0 Å². The number of hydrogen-bond acceptors (Lipinski definition) is 8. The van der Waals surface area contributed by atoms with Gasteiger partial charge in [-0.25, -0.2) is 33.3 Å². The maximum Gasteiger partial charge on any atom is 0.426 e. The summed E-state index contributed by atoms with van der Waals surface area (Å²) in [5.41, 5.74) is -4.52. The van der Waals surface area contributed by atoms with Crippen molar-refractivity contribution < 1.29 is 50.1 Å². The Morgan fingerprint density at radius 1 is 1.12 bits per heavy atom. The van der Waals surface area contributed by atoms with Gasteiger partial charge in [-0.3, -0.25) is 9.78 Å². The minimum atomic E-state index is -4.99. The monoisotopic (exact) mass is 589 g/mol. The summed E-state index contributed by atoms with van der Waals surface area (Å²) in [4.78, 5) is 36.3. The highest BCUT2D eigenvalue weighted by molar-refractivity contribution is 6.02. The number of hydrogen-bond donors (Lipinski definition) is 2. The van der Waals surface area contributed by atoms with Gasteiger partial charge in [0, 0.05) is 11.3 Å². The molecule has 4 rings (SSSR count). The van der Waals surface area contributed by atoms with Crippen LogP contribution in [-0.4, -0.2) is 58.6 Å². The molecule has 10 nitrogen and oxygen atoms in total. The van der Waals surface area contributed by atoms with Crippen LogP contribution in [0.3, 0.4) is 0 Å². The lowest BCUT2D eigenvalue weighted by Crippen LogP contribution is -2.57. The molecule has 1 fully saturated rings. The van der Waals surface area contributed by atoms with Crippen LogP contribution in [0.25, 0.3) is 0 Å². The fourth-order valence-corrected chi connectivity index (χ4v) is 4.59. The molecule has 41 heavy (non-hydrogen) atoms. The highest BCUT2D eigenvalue weighted by Gasteiger charge is 2.64. The third kappa shape index (κ3) is 6.36. The van der Waals surface area contributed by atoms with Gasteiger partial charge in [-0.1, -0.05) is 0 Å². The molecule has 0 spiro atoms. The van der Waals surface area contributed by atoms with Gasteiger partial charge in [0.15, 0.2) is 0 Å². The number of halogens is 6. The molecule has 2 aliphatic rings. The number of anilines is 1. The van der Waals surface area contributed by atoms with Crippen molar-refractivity contribution in [2.24, 2.45) is 10.9 Å². The van der Waals surface area contributed by atoms with E-state index in [1.165, 1.54) is 27.7 Å². The van der Waals surface area contributed by atoms with Gasteiger partial charge < -0.3 is 19.5 Å². The zero-order valence-corrected chi connectivity index (χ0v) is 22.1. The number of rotatable bonds is 4. The van der Waals surface area contributed by atoms with E-state index in [2.05, 4.69) is 20.3 Å². The van der Waals surface area contributed by atoms with Crippen LogP contribution < -0.4 is 10.6 Å². The van der Waals surface area contributed by atoms with E-state index in [-0.39, 0.29) is 16.9 Å². The molecule has 1 saturated heterocycles. The maximum absolute atomic E-state index is 15.4. The van der Waals surface area contributed by atoms with E-state index in [1.54, 1.807) is 0 Å². The Bertz CT molecular complexity index is 1350. The fraction of sp³-hybridized carbons (Fsp3) is 0.480. The third-order valence-electron chi connectivity index (χ3n) is 6.24. The first-order chi connectivity index (χ1) is 19.0. The van der Waals surface area contributed by atoms with Crippen LogP contribution in [0.4, 0.5) is 36.8 Å². The molecule has 2 N–H and O–H groups in total. The lowest BCUT2D eigenvalue weighted by molar-refractivity contribution is -0.227. The molecule has 0 bridgehead atoms. The Balaban J connectivity index is 1.74. The summed E-state index contributed by atoms with van der Waals surface area (Å²) in [5, 5.41) is 4.43. The number of alkyl carbamates (subject to hydrolysis) is 1. The molecule has 1 aromatic heterocycles. The minimum Gasteiger partial charge on any atom is -0.451 e. The number of alkyl halides is 5. The summed E-state index contributed by atoms with van der Waals surface area (Å²) in [6.45, 7) is 5.43. The van der Waals surface area contributed by atoms with Crippen molar-refractivity contribution in [2.45, 2.75) is 63.6 Å². The molecule has 1 aromatic carbocycles. The summed E-state index contributed by atoms with van der Waals surface area (Å²) < 4.78 is 99.3. The van der Waals surface area contributed by atoms with Gasteiger partial charge in [0.25, 0.3) is 18.4 Å². The Hall–Kier alpha value is -3.95. The van der Waals surface area contributed by atoms with E-state index in [9.17, 15) is 31.5 Å². The van der Waals surface area contributed by atoms with Gasteiger partial charge in [-0.05, 0) is 45.9 Å². The van der Waals surface area contributed by atoms with Crippen molar-refractivity contribution in [2.75, 3.05) is 11.9 Å². The minimum absolute atomic E-state index is 0.0780. The number of carbonyl (C=O) groups is 2. The van der Waals surface area contributed by atoms with Crippen LogP contribution in [-0.2, 0) is 19.7 Å². The predicted molar refractivity (Wildman–Crippen MR) is 130 cm³/mol. The average molecular weight is 589 g/mol. The second-order valence-electron chi connectivity index (χ2n) is 10.4. The molecule has 2 amide bonds. The molecule has 3 heterocycles. The van der Waals surface area contributed by atoms with E-state index in [0.717, 1.165) is 24.4 Å². The second-order valence-corrected chi connectivity index (χ2v) is 10.4. The van der Waals surface area contributed by atoms with Gasteiger partial charge in [-0.2, -0.15) is 13.2 Å². The number of aromatic nitrogens is 2. The van der Waals surface area contributed by atoms with Crippen molar-refractivity contribution in [3.8, 4) is 0 Å². The number of carbonyl (C=O) groups excluding carboxylic acids is 2. The van der Waals surface area contributed by atoms with Crippen LogP contribution in [0.15, 0.2) is 35.6 Å². The first kappa shape index (κ1) is 30.0. The van der Waals surface area contributed by atoms with Crippen LogP contribution in [0.2, 0.25) is 0 Å². The number of aliphatic imine (C=N–C) groups is 1. The number of ether oxygens (including phenoxy) is 3.